The van der Waals surface area contributed by atoms with Crippen molar-refractivity contribution in [3.05, 3.63) is 58.1 Å². The summed E-state index contributed by atoms with van der Waals surface area (Å²) in [5.74, 6) is -0.396. The lowest BCUT2D eigenvalue weighted by Gasteiger charge is -2.22. The SMILES string of the molecule is O=C(Nc1ccc(S(=O)(=O)NC2CCCCC2)cc1)c1ccc(Cl)cc1Cl. The second-order valence-electron chi connectivity index (χ2n) is 6.56. The third kappa shape index (κ3) is 5.23. The van der Waals surface area contributed by atoms with Crippen molar-refractivity contribution in [3.8, 4) is 0 Å². The molecule has 1 fully saturated rings. The van der Waals surface area contributed by atoms with Gasteiger partial charge >= 0.3 is 0 Å². The van der Waals surface area contributed by atoms with Gasteiger partial charge in [0.05, 0.1) is 15.5 Å². The predicted octanol–water partition coefficient (Wildman–Crippen LogP) is 4.86. The summed E-state index contributed by atoms with van der Waals surface area (Å²) in [4.78, 5) is 12.5. The molecule has 1 saturated carbocycles. The molecule has 144 valence electrons. The molecule has 0 saturated heterocycles. The fourth-order valence-electron chi connectivity index (χ4n) is 3.10. The van der Waals surface area contributed by atoms with Crippen LogP contribution in [0.25, 0.3) is 0 Å². The van der Waals surface area contributed by atoms with Crippen LogP contribution in [0.2, 0.25) is 10.0 Å². The Bertz CT molecular complexity index is 924. The van der Waals surface area contributed by atoms with Crippen LogP contribution in [-0.2, 0) is 10.0 Å². The molecule has 5 nitrogen and oxygen atoms in total. The zero-order valence-corrected chi connectivity index (χ0v) is 16.9. The van der Waals surface area contributed by atoms with E-state index in [1.165, 1.54) is 24.3 Å². The lowest BCUT2D eigenvalue weighted by atomic mass is 9.96. The Labute approximate surface area is 169 Å². The number of sulfonamides is 1. The molecular formula is C19H20Cl2N2O3S. The number of nitrogens with one attached hydrogen (secondary N) is 2. The largest absolute Gasteiger partial charge is 0.322 e. The summed E-state index contributed by atoms with van der Waals surface area (Å²) in [6, 6.07) is 10.7. The number of halogens is 2. The van der Waals surface area contributed by atoms with Crippen molar-refractivity contribution in [2.75, 3.05) is 5.32 Å². The maximum absolute atomic E-state index is 12.5. The van der Waals surface area contributed by atoms with Gasteiger partial charge in [-0.3, -0.25) is 4.79 Å². The first kappa shape index (κ1) is 20.1. The van der Waals surface area contributed by atoms with E-state index in [0.29, 0.717) is 10.7 Å². The Morgan fingerprint density at radius 2 is 1.63 bits per heavy atom. The molecule has 0 aromatic heterocycles. The van der Waals surface area contributed by atoms with Crippen molar-refractivity contribution >= 4 is 44.8 Å². The standard InChI is InChI=1S/C19H20Cl2N2O3S/c20-13-6-11-17(18(21)12-13)19(24)22-14-7-9-16(10-8-14)27(25,26)23-15-4-2-1-3-5-15/h6-12,15,23H,1-5H2,(H,22,24). The van der Waals surface area contributed by atoms with Crippen LogP contribution in [0, 0.1) is 0 Å². The first-order valence-corrected chi connectivity index (χ1v) is 11.0. The average molecular weight is 427 g/mol. The highest BCUT2D eigenvalue weighted by Crippen LogP contribution is 2.23. The van der Waals surface area contributed by atoms with Crippen LogP contribution >= 0.6 is 23.2 Å². The van der Waals surface area contributed by atoms with Crippen molar-refractivity contribution in [1.82, 2.24) is 4.72 Å². The minimum atomic E-state index is -3.57. The average Bonchev–Trinajstić information content (AvgIpc) is 2.62. The lowest BCUT2D eigenvalue weighted by Crippen LogP contribution is -2.36. The molecule has 2 aromatic rings. The summed E-state index contributed by atoms with van der Waals surface area (Å²) in [5, 5.41) is 3.38. The molecule has 0 heterocycles. The van der Waals surface area contributed by atoms with Gasteiger partial charge in [0.1, 0.15) is 0 Å². The van der Waals surface area contributed by atoms with Crippen molar-refractivity contribution in [2.45, 2.75) is 43.0 Å². The van der Waals surface area contributed by atoms with Crippen LogP contribution in [0.4, 0.5) is 5.69 Å². The highest BCUT2D eigenvalue weighted by atomic mass is 35.5. The second-order valence-corrected chi connectivity index (χ2v) is 9.12. The molecule has 0 aliphatic heterocycles. The number of carbonyl (C=O) groups is 1. The molecule has 3 rings (SSSR count). The van der Waals surface area contributed by atoms with Crippen molar-refractivity contribution in [1.29, 1.82) is 0 Å². The Kier molecular flexibility index (Phi) is 6.42. The normalized spacial score (nSPS) is 15.5. The van der Waals surface area contributed by atoms with Crippen LogP contribution in [0.1, 0.15) is 42.5 Å². The van der Waals surface area contributed by atoms with E-state index in [-0.39, 0.29) is 21.5 Å². The minimum absolute atomic E-state index is 0.00447. The summed E-state index contributed by atoms with van der Waals surface area (Å²) in [7, 11) is -3.57. The lowest BCUT2D eigenvalue weighted by molar-refractivity contribution is 0.102. The monoisotopic (exact) mass is 426 g/mol. The topological polar surface area (TPSA) is 75.3 Å². The molecule has 0 atom stereocenters. The van der Waals surface area contributed by atoms with E-state index < -0.39 is 15.9 Å². The quantitative estimate of drug-likeness (QED) is 0.716. The number of hydrogen-bond acceptors (Lipinski definition) is 3. The molecule has 1 amide bonds. The zero-order chi connectivity index (χ0) is 19.4. The number of hydrogen-bond donors (Lipinski definition) is 2. The number of rotatable bonds is 5. The van der Waals surface area contributed by atoms with Crippen LogP contribution in [0.3, 0.4) is 0 Å². The van der Waals surface area contributed by atoms with E-state index in [0.717, 1.165) is 32.1 Å². The Morgan fingerprint density at radius 1 is 0.963 bits per heavy atom. The van der Waals surface area contributed by atoms with Crippen LogP contribution < -0.4 is 10.0 Å². The molecule has 0 unspecified atom stereocenters. The second kappa shape index (κ2) is 8.61. The van der Waals surface area contributed by atoms with Gasteiger partial charge in [0.2, 0.25) is 10.0 Å². The first-order chi connectivity index (χ1) is 12.8. The smallest absolute Gasteiger partial charge is 0.257 e. The van der Waals surface area contributed by atoms with E-state index in [9.17, 15) is 13.2 Å². The van der Waals surface area contributed by atoms with E-state index in [1.807, 2.05) is 0 Å². The summed E-state index contributed by atoms with van der Waals surface area (Å²) in [6.07, 6.45) is 4.99. The number of benzene rings is 2. The maximum Gasteiger partial charge on any atom is 0.257 e. The summed E-state index contributed by atoms with van der Waals surface area (Å²) >= 11 is 11.9. The molecule has 1 aliphatic carbocycles. The van der Waals surface area contributed by atoms with Crippen LogP contribution in [0.15, 0.2) is 47.4 Å². The molecular weight excluding hydrogens is 407 g/mol. The van der Waals surface area contributed by atoms with Gasteiger partial charge in [0.15, 0.2) is 0 Å². The van der Waals surface area contributed by atoms with Gasteiger partial charge in [-0.05, 0) is 55.3 Å². The van der Waals surface area contributed by atoms with Crippen LogP contribution in [0.5, 0.6) is 0 Å². The first-order valence-electron chi connectivity index (χ1n) is 8.74. The van der Waals surface area contributed by atoms with Gasteiger partial charge < -0.3 is 5.32 Å². The molecule has 0 radical (unpaired) electrons. The molecule has 27 heavy (non-hydrogen) atoms. The maximum atomic E-state index is 12.5. The number of amides is 1. The van der Waals surface area contributed by atoms with E-state index in [4.69, 9.17) is 23.2 Å². The molecule has 0 bridgehead atoms. The Balaban J connectivity index is 1.68. The highest BCUT2D eigenvalue weighted by Gasteiger charge is 2.21. The van der Waals surface area contributed by atoms with Gasteiger partial charge in [0.25, 0.3) is 5.91 Å². The van der Waals surface area contributed by atoms with Gasteiger partial charge in [-0.1, -0.05) is 42.5 Å². The van der Waals surface area contributed by atoms with Gasteiger partial charge in [0, 0.05) is 16.8 Å². The van der Waals surface area contributed by atoms with Crippen LogP contribution in [-0.4, -0.2) is 20.4 Å². The third-order valence-corrected chi connectivity index (χ3v) is 6.61. The van der Waals surface area contributed by atoms with E-state index in [1.54, 1.807) is 18.2 Å². The Morgan fingerprint density at radius 3 is 2.26 bits per heavy atom. The zero-order valence-electron chi connectivity index (χ0n) is 14.5. The molecule has 2 N–H and O–H groups in total. The van der Waals surface area contributed by atoms with Crippen molar-refractivity contribution in [3.63, 3.8) is 0 Å². The minimum Gasteiger partial charge on any atom is -0.322 e. The van der Waals surface area contributed by atoms with Gasteiger partial charge in [-0.15, -0.1) is 0 Å². The van der Waals surface area contributed by atoms with E-state index >= 15 is 0 Å². The molecule has 0 spiro atoms. The van der Waals surface area contributed by atoms with Gasteiger partial charge in [-0.2, -0.15) is 0 Å². The summed E-state index contributed by atoms with van der Waals surface area (Å²) in [6.45, 7) is 0. The van der Waals surface area contributed by atoms with E-state index in [2.05, 4.69) is 10.0 Å². The molecule has 8 heteroatoms. The molecule has 1 aliphatic rings. The third-order valence-electron chi connectivity index (χ3n) is 4.53. The highest BCUT2D eigenvalue weighted by molar-refractivity contribution is 7.89. The van der Waals surface area contributed by atoms with Crippen molar-refractivity contribution in [2.24, 2.45) is 0 Å². The predicted molar refractivity (Wildman–Crippen MR) is 108 cm³/mol. The number of anilines is 1. The van der Waals surface area contributed by atoms with Crippen molar-refractivity contribution < 1.29 is 13.2 Å². The fraction of sp³-hybridized carbons (Fsp3) is 0.316. The Hall–Kier alpha value is -1.60. The van der Waals surface area contributed by atoms with Gasteiger partial charge in [-0.25, -0.2) is 13.1 Å². The number of carbonyl (C=O) groups excluding carboxylic acids is 1. The fourth-order valence-corrected chi connectivity index (χ4v) is 4.90. The molecule has 2 aromatic carbocycles. The summed E-state index contributed by atoms with van der Waals surface area (Å²) < 4.78 is 27.8. The summed E-state index contributed by atoms with van der Waals surface area (Å²) in [5.41, 5.74) is 0.763.